The molecule has 0 unspecified atom stereocenters. The Hall–Kier alpha value is -2.16. The van der Waals surface area contributed by atoms with Crippen molar-refractivity contribution < 1.29 is 4.74 Å². The molecular formula is C19H22O3. The second-order valence-electron chi connectivity index (χ2n) is 5.51. The molecule has 0 radical (unpaired) electrons. The monoisotopic (exact) mass is 298 g/mol. The minimum Gasteiger partial charge on any atom is -0.484 e. The van der Waals surface area contributed by atoms with Gasteiger partial charge in [-0.15, -0.1) is 0 Å². The summed E-state index contributed by atoms with van der Waals surface area (Å²) in [6.45, 7) is 6.16. The minimum atomic E-state index is -0.479. The first-order chi connectivity index (χ1) is 10.7. The van der Waals surface area contributed by atoms with Gasteiger partial charge in [0.05, 0.1) is 5.56 Å². The van der Waals surface area contributed by atoms with Crippen molar-refractivity contribution in [1.82, 2.24) is 0 Å². The minimum absolute atomic E-state index is 0.272. The molecule has 0 saturated carbocycles. The fourth-order valence-corrected chi connectivity index (χ4v) is 2.43. The normalized spacial score (nSPS) is 10.8. The molecule has 0 bridgehead atoms. The molecule has 0 amide bonds. The van der Waals surface area contributed by atoms with Crippen LogP contribution in [-0.2, 0) is 13.0 Å². The molecule has 0 saturated heterocycles. The average molecular weight is 298 g/mol. The van der Waals surface area contributed by atoms with E-state index >= 15 is 0 Å². The molecule has 0 aliphatic rings. The third-order valence-electron chi connectivity index (χ3n) is 3.84. The van der Waals surface area contributed by atoms with Gasteiger partial charge in [0.1, 0.15) is 6.61 Å². The molecule has 0 N–H and O–H groups in total. The Morgan fingerprint density at radius 2 is 1.77 bits per heavy atom. The van der Waals surface area contributed by atoms with Crippen LogP contribution in [0, 0.1) is 0 Å². The van der Waals surface area contributed by atoms with Gasteiger partial charge in [0, 0.05) is 0 Å². The van der Waals surface area contributed by atoms with Crippen molar-refractivity contribution in [3.05, 3.63) is 68.0 Å². The lowest BCUT2D eigenvalue weighted by molar-refractivity contribution is 0.295. The van der Waals surface area contributed by atoms with E-state index in [4.69, 9.17) is 4.74 Å². The zero-order valence-corrected chi connectivity index (χ0v) is 13.1. The first kappa shape index (κ1) is 16.2. The van der Waals surface area contributed by atoms with Crippen LogP contribution in [0.25, 0.3) is 6.08 Å². The molecule has 3 heteroatoms. The van der Waals surface area contributed by atoms with Crippen molar-refractivity contribution in [2.24, 2.45) is 0 Å². The smallest absolute Gasteiger partial charge is 0.268 e. The van der Waals surface area contributed by atoms with Crippen LogP contribution >= 0.6 is 0 Å². The standard InChI is InChI=1S/C19H22O3/c1-3-5-6-7-8-16-17(20)18(21)19(16)22-13-15-11-9-14(4-2)10-12-15/h4,9-12H,2-3,5-8,13H2,1H3. The highest BCUT2D eigenvalue weighted by atomic mass is 16.5. The maximum absolute atomic E-state index is 11.6. The molecule has 0 aliphatic carbocycles. The lowest BCUT2D eigenvalue weighted by Crippen LogP contribution is -2.36. The predicted octanol–water partition coefficient (Wildman–Crippen LogP) is 3.63. The molecule has 2 aromatic carbocycles. The highest BCUT2D eigenvalue weighted by Crippen LogP contribution is 2.17. The van der Waals surface area contributed by atoms with Crippen LogP contribution < -0.4 is 15.6 Å². The first-order valence-corrected chi connectivity index (χ1v) is 7.83. The molecule has 22 heavy (non-hydrogen) atoms. The third kappa shape index (κ3) is 3.73. The summed E-state index contributed by atoms with van der Waals surface area (Å²) in [6.07, 6.45) is 6.74. The highest BCUT2D eigenvalue weighted by molar-refractivity contribution is 5.47. The summed E-state index contributed by atoms with van der Waals surface area (Å²) in [5.74, 6) is 0.272. The molecule has 116 valence electrons. The lowest BCUT2D eigenvalue weighted by Gasteiger charge is -2.12. The van der Waals surface area contributed by atoms with Crippen molar-refractivity contribution in [2.45, 2.75) is 45.6 Å². The predicted molar refractivity (Wildman–Crippen MR) is 90.1 cm³/mol. The van der Waals surface area contributed by atoms with Gasteiger partial charge in [0.25, 0.3) is 5.43 Å². The van der Waals surface area contributed by atoms with Gasteiger partial charge in [-0.1, -0.05) is 63.1 Å². The second kappa shape index (κ2) is 7.74. The Morgan fingerprint density at radius 3 is 2.41 bits per heavy atom. The molecular weight excluding hydrogens is 276 g/mol. The van der Waals surface area contributed by atoms with Crippen LogP contribution in [0.1, 0.15) is 49.3 Å². The van der Waals surface area contributed by atoms with E-state index in [1.807, 2.05) is 24.3 Å². The quantitative estimate of drug-likeness (QED) is 0.524. The van der Waals surface area contributed by atoms with E-state index in [1.165, 1.54) is 0 Å². The largest absolute Gasteiger partial charge is 0.484 e. The summed E-state index contributed by atoms with van der Waals surface area (Å²) < 4.78 is 5.57. The van der Waals surface area contributed by atoms with Crippen molar-refractivity contribution in [1.29, 1.82) is 0 Å². The third-order valence-corrected chi connectivity index (χ3v) is 3.84. The Balaban J connectivity index is 1.94. The van der Waals surface area contributed by atoms with Crippen LogP contribution in [0.15, 0.2) is 40.4 Å². The summed E-state index contributed by atoms with van der Waals surface area (Å²) in [4.78, 5) is 23.3. The molecule has 3 nitrogen and oxygen atoms in total. The lowest BCUT2D eigenvalue weighted by atomic mass is 10.0. The molecule has 0 aliphatic heterocycles. The van der Waals surface area contributed by atoms with Gasteiger partial charge in [-0.3, -0.25) is 9.59 Å². The molecule has 2 rings (SSSR count). The van der Waals surface area contributed by atoms with Crippen molar-refractivity contribution >= 4 is 6.08 Å². The molecule has 0 spiro atoms. The second-order valence-corrected chi connectivity index (χ2v) is 5.51. The molecule has 2 aromatic rings. The van der Waals surface area contributed by atoms with E-state index in [2.05, 4.69) is 13.5 Å². The topological polar surface area (TPSA) is 43.4 Å². The van der Waals surface area contributed by atoms with Crippen LogP contribution in [0.5, 0.6) is 5.75 Å². The van der Waals surface area contributed by atoms with Gasteiger partial charge in [0.2, 0.25) is 5.43 Å². The zero-order chi connectivity index (χ0) is 15.9. The van der Waals surface area contributed by atoms with E-state index < -0.39 is 5.43 Å². The number of rotatable bonds is 9. The van der Waals surface area contributed by atoms with Crippen LogP contribution in [0.4, 0.5) is 0 Å². The number of hydrogen-bond acceptors (Lipinski definition) is 3. The molecule has 0 aromatic heterocycles. The van der Waals surface area contributed by atoms with E-state index in [-0.39, 0.29) is 11.2 Å². The van der Waals surface area contributed by atoms with E-state index in [0.29, 0.717) is 18.6 Å². The van der Waals surface area contributed by atoms with Crippen LogP contribution in [0.2, 0.25) is 0 Å². The Morgan fingerprint density at radius 1 is 1.05 bits per heavy atom. The van der Waals surface area contributed by atoms with Gasteiger partial charge in [-0.25, -0.2) is 0 Å². The fourth-order valence-electron chi connectivity index (χ4n) is 2.43. The first-order valence-electron chi connectivity index (χ1n) is 7.83. The van der Waals surface area contributed by atoms with Gasteiger partial charge in [-0.2, -0.15) is 0 Å². The van der Waals surface area contributed by atoms with Gasteiger partial charge in [-0.05, 0) is 24.0 Å². The number of benzene rings is 1. The maximum atomic E-state index is 11.6. The van der Waals surface area contributed by atoms with Gasteiger partial charge >= 0.3 is 0 Å². The maximum Gasteiger partial charge on any atom is 0.268 e. The van der Waals surface area contributed by atoms with Gasteiger partial charge in [0.15, 0.2) is 5.75 Å². The van der Waals surface area contributed by atoms with Crippen molar-refractivity contribution in [3.8, 4) is 5.75 Å². The zero-order valence-electron chi connectivity index (χ0n) is 13.1. The van der Waals surface area contributed by atoms with Crippen LogP contribution in [-0.4, -0.2) is 0 Å². The van der Waals surface area contributed by atoms with E-state index in [1.54, 1.807) is 6.08 Å². The van der Waals surface area contributed by atoms with E-state index in [0.717, 1.165) is 36.8 Å². The number of hydrogen-bond donors (Lipinski definition) is 0. The van der Waals surface area contributed by atoms with Gasteiger partial charge < -0.3 is 4.74 Å². The summed E-state index contributed by atoms with van der Waals surface area (Å²) >= 11 is 0. The Kier molecular flexibility index (Phi) is 5.70. The fraction of sp³-hybridized carbons (Fsp3) is 0.368. The van der Waals surface area contributed by atoms with Crippen LogP contribution in [0.3, 0.4) is 0 Å². The summed E-state index contributed by atoms with van der Waals surface area (Å²) in [7, 11) is 0. The molecule has 0 atom stereocenters. The Labute approximate surface area is 130 Å². The summed E-state index contributed by atoms with van der Waals surface area (Å²) in [5.41, 5.74) is 1.73. The number of unbranched alkanes of at least 4 members (excludes halogenated alkanes) is 3. The SMILES string of the molecule is C=Cc1ccc(COc2c(CCCCCC)c(=O)c2=O)cc1. The molecule has 0 heterocycles. The van der Waals surface area contributed by atoms with Crippen molar-refractivity contribution in [2.75, 3.05) is 0 Å². The number of ether oxygens (including phenoxy) is 1. The van der Waals surface area contributed by atoms with E-state index in [9.17, 15) is 9.59 Å². The Bertz CT molecular complexity index is 688. The van der Waals surface area contributed by atoms with Crippen molar-refractivity contribution in [3.63, 3.8) is 0 Å². The average Bonchev–Trinajstić information content (AvgIpc) is 2.56. The highest BCUT2D eigenvalue weighted by Gasteiger charge is 2.21. The molecule has 0 fully saturated rings. The summed E-state index contributed by atoms with van der Waals surface area (Å²) in [5, 5.41) is 0. The summed E-state index contributed by atoms with van der Waals surface area (Å²) in [6, 6.07) is 7.76.